The molecule has 2 unspecified atom stereocenters. The van der Waals surface area contributed by atoms with E-state index in [0.29, 0.717) is 19.4 Å². The average Bonchev–Trinajstić information content (AvgIpc) is 3.37. The Morgan fingerprint density at radius 2 is 0.662 bits per heavy atom. The highest BCUT2D eigenvalue weighted by Gasteiger charge is 2.18. The molecule has 71 heavy (non-hydrogen) atoms. The van der Waals surface area contributed by atoms with Gasteiger partial charge >= 0.3 is 5.97 Å². The fourth-order valence-corrected chi connectivity index (χ4v) is 10.0. The van der Waals surface area contributed by atoms with Crippen molar-refractivity contribution < 1.29 is 24.5 Å². The second-order valence-electron chi connectivity index (χ2n) is 22.1. The Balaban J connectivity index is 3.36. The van der Waals surface area contributed by atoms with E-state index < -0.39 is 12.1 Å². The van der Waals surface area contributed by atoms with Gasteiger partial charge in [0.25, 0.3) is 0 Å². The van der Waals surface area contributed by atoms with Crippen LogP contribution in [-0.2, 0) is 14.3 Å². The molecule has 3 N–H and O–H groups in total. The standard InChI is InChI=1S/C65H125NO5/c1-3-5-7-9-11-13-15-16-17-28-32-35-39-43-47-51-55-59-65(70)71-60-56-52-48-44-40-36-33-30-27-25-23-21-19-18-20-22-24-26-29-31-34-38-42-46-50-54-58-64(69)66-62(61-67)63(68)57-53-49-45-41-37-14-12-10-8-6-4-2/h18,20,53,57,62-63,67-68H,3-17,19,21-52,54-56,58-61H2,1-2H3,(H,66,69)/b20-18-,57-53+. The third-order valence-corrected chi connectivity index (χ3v) is 15.0. The number of esters is 1. The molecule has 1 amide bonds. The van der Waals surface area contributed by atoms with Crippen molar-refractivity contribution in [3.8, 4) is 0 Å². The highest BCUT2D eigenvalue weighted by atomic mass is 16.5. The molecule has 0 saturated carbocycles. The maximum absolute atomic E-state index is 12.4. The van der Waals surface area contributed by atoms with E-state index >= 15 is 0 Å². The number of carbonyl (C=O) groups is 2. The second kappa shape index (κ2) is 60.9. The molecule has 0 bridgehead atoms. The summed E-state index contributed by atoms with van der Waals surface area (Å²) < 4.78 is 5.50. The van der Waals surface area contributed by atoms with Gasteiger partial charge in [-0.1, -0.05) is 308 Å². The summed E-state index contributed by atoms with van der Waals surface area (Å²) >= 11 is 0. The molecule has 0 radical (unpaired) electrons. The molecule has 0 aromatic heterocycles. The monoisotopic (exact) mass is 1000 g/mol. The van der Waals surface area contributed by atoms with E-state index in [1.807, 2.05) is 6.08 Å². The molecule has 0 aliphatic rings. The van der Waals surface area contributed by atoms with Crippen LogP contribution in [0, 0.1) is 0 Å². The third-order valence-electron chi connectivity index (χ3n) is 15.0. The van der Waals surface area contributed by atoms with Gasteiger partial charge in [0.1, 0.15) is 0 Å². The molecule has 0 heterocycles. The zero-order chi connectivity index (χ0) is 51.4. The fraction of sp³-hybridized carbons (Fsp3) is 0.908. The molecule has 0 rings (SSSR count). The summed E-state index contributed by atoms with van der Waals surface area (Å²) in [6, 6.07) is -0.627. The van der Waals surface area contributed by atoms with Crippen molar-refractivity contribution in [2.75, 3.05) is 13.2 Å². The quantitative estimate of drug-likeness (QED) is 0.0320. The molecular weight excluding hydrogens is 875 g/mol. The van der Waals surface area contributed by atoms with Crippen LogP contribution in [0.5, 0.6) is 0 Å². The lowest BCUT2D eigenvalue weighted by atomic mass is 10.0. The van der Waals surface area contributed by atoms with E-state index in [0.717, 1.165) is 38.5 Å². The first-order valence-electron chi connectivity index (χ1n) is 32.1. The Hall–Kier alpha value is -1.66. The summed E-state index contributed by atoms with van der Waals surface area (Å²) in [5, 5.41) is 23.0. The molecule has 0 aliphatic heterocycles. The zero-order valence-corrected chi connectivity index (χ0v) is 48.0. The highest BCUT2D eigenvalue weighted by Crippen LogP contribution is 2.18. The van der Waals surface area contributed by atoms with Crippen LogP contribution in [0.2, 0.25) is 0 Å². The van der Waals surface area contributed by atoms with Gasteiger partial charge in [-0.3, -0.25) is 9.59 Å². The summed E-state index contributed by atoms with van der Waals surface area (Å²) in [4.78, 5) is 24.5. The summed E-state index contributed by atoms with van der Waals surface area (Å²) in [5.74, 6) is -0.0519. The van der Waals surface area contributed by atoms with Crippen molar-refractivity contribution in [1.82, 2.24) is 5.32 Å². The Labute approximate surface area is 443 Å². The second-order valence-corrected chi connectivity index (χ2v) is 22.1. The number of aliphatic hydroxyl groups excluding tert-OH is 2. The summed E-state index contributed by atoms with van der Waals surface area (Å²) in [7, 11) is 0. The van der Waals surface area contributed by atoms with Crippen LogP contribution in [-0.4, -0.2) is 47.4 Å². The van der Waals surface area contributed by atoms with Gasteiger partial charge in [-0.2, -0.15) is 0 Å². The average molecular weight is 1000 g/mol. The molecule has 6 nitrogen and oxygen atoms in total. The van der Waals surface area contributed by atoms with Gasteiger partial charge in [0.05, 0.1) is 25.4 Å². The number of unbranched alkanes of at least 4 members (excludes halogenated alkanes) is 47. The molecule has 0 spiro atoms. The molecule has 0 aliphatic carbocycles. The van der Waals surface area contributed by atoms with Crippen molar-refractivity contribution in [3.63, 3.8) is 0 Å². The van der Waals surface area contributed by atoms with Crippen LogP contribution in [0.4, 0.5) is 0 Å². The van der Waals surface area contributed by atoms with Crippen LogP contribution in [0.25, 0.3) is 0 Å². The van der Waals surface area contributed by atoms with E-state index in [1.54, 1.807) is 6.08 Å². The maximum Gasteiger partial charge on any atom is 0.305 e. The molecular formula is C65H125NO5. The number of amides is 1. The van der Waals surface area contributed by atoms with Crippen LogP contribution < -0.4 is 5.32 Å². The first-order valence-corrected chi connectivity index (χ1v) is 32.1. The van der Waals surface area contributed by atoms with E-state index in [1.165, 1.54) is 289 Å². The van der Waals surface area contributed by atoms with Gasteiger partial charge in [0, 0.05) is 12.8 Å². The Kier molecular flexibility index (Phi) is 59.5. The van der Waals surface area contributed by atoms with Crippen LogP contribution >= 0.6 is 0 Å². The fourth-order valence-electron chi connectivity index (χ4n) is 10.0. The number of rotatable bonds is 60. The van der Waals surface area contributed by atoms with Gasteiger partial charge in [0.15, 0.2) is 0 Å². The Morgan fingerprint density at radius 3 is 1.00 bits per heavy atom. The van der Waals surface area contributed by atoms with Gasteiger partial charge in [-0.05, 0) is 57.8 Å². The van der Waals surface area contributed by atoms with Crippen molar-refractivity contribution in [3.05, 3.63) is 24.3 Å². The number of allylic oxidation sites excluding steroid dienone is 3. The third kappa shape index (κ3) is 57.5. The van der Waals surface area contributed by atoms with Crippen LogP contribution in [0.15, 0.2) is 24.3 Å². The minimum absolute atomic E-state index is 0.0181. The number of ether oxygens (including phenoxy) is 1. The predicted octanol–water partition coefficient (Wildman–Crippen LogP) is 20.2. The number of hydrogen-bond donors (Lipinski definition) is 3. The highest BCUT2D eigenvalue weighted by molar-refractivity contribution is 5.76. The van der Waals surface area contributed by atoms with E-state index in [-0.39, 0.29) is 18.5 Å². The molecule has 0 aromatic rings. The Morgan fingerprint density at radius 1 is 0.380 bits per heavy atom. The Bertz CT molecular complexity index is 1110. The van der Waals surface area contributed by atoms with Crippen molar-refractivity contribution in [1.29, 1.82) is 0 Å². The van der Waals surface area contributed by atoms with Gasteiger partial charge in [-0.25, -0.2) is 0 Å². The number of hydrogen-bond acceptors (Lipinski definition) is 5. The summed E-state index contributed by atoms with van der Waals surface area (Å²) in [6.45, 7) is 4.91. The van der Waals surface area contributed by atoms with Crippen molar-refractivity contribution in [2.24, 2.45) is 0 Å². The molecule has 2 atom stereocenters. The molecule has 0 saturated heterocycles. The summed E-state index contributed by atoms with van der Waals surface area (Å²) in [6.07, 6.45) is 75.2. The normalized spacial score (nSPS) is 12.7. The lowest BCUT2D eigenvalue weighted by molar-refractivity contribution is -0.143. The minimum atomic E-state index is -0.844. The van der Waals surface area contributed by atoms with Crippen LogP contribution in [0.1, 0.15) is 354 Å². The lowest BCUT2D eigenvalue weighted by Gasteiger charge is -2.20. The number of carbonyl (C=O) groups excluding carboxylic acids is 2. The molecule has 420 valence electrons. The topological polar surface area (TPSA) is 95.9 Å². The van der Waals surface area contributed by atoms with E-state index in [9.17, 15) is 19.8 Å². The van der Waals surface area contributed by atoms with E-state index in [2.05, 4.69) is 31.3 Å². The van der Waals surface area contributed by atoms with Gasteiger partial charge in [-0.15, -0.1) is 0 Å². The molecule has 0 fully saturated rings. The minimum Gasteiger partial charge on any atom is -0.466 e. The van der Waals surface area contributed by atoms with Crippen molar-refractivity contribution >= 4 is 11.9 Å². The van der Waals surface area contributed by atoms with Crippen LogP contribution in [0.3, 0.4) is 0 Å². The first-order chi connectivity index (χ1) is 35.0. The molecule has 6 heteroatoms. The zero-order valence-electron chi connectivity index (χ0n) is 48.0. The van der Waals surface area contributed by atoms with Gasteiger partial charge < -0.3 is 20.3 Å². The SMILES string of the molecule is CCCCCCCCCCC/C=C/C(O)C(CO)NC(=O)CCCCCCCCCCCC/C=C\CCCCCCCCCCCCCCOC(=O)CCCCCCCCCCCCCCCCCCC. The smallest absolute Gasteiger partial charge is 0.305 e. The predicted molar refractivity (Wildman–Crippen MR) is 310 cm³/mol. The van der Waals surface area contributed by atoms with Crippen molar-refractivity contribution in [2.45, 2.75) is 366 Å². The number of aliphatic hydroxyl groups is 2. The lowest BCUT2D eigenvalue weighted by Crippen LogP contribution is -2.45. The molecule has 0 aromatic carbocycles. The number of nitrogens with one attached hydrogen (secondary N) is 1. The van der Waals surface area contributed by atoms with Gasteiger partial charge in [0.2, 0.25) is 5.91 Å². The largest absolute Gasteiger partial charge is 0.466 e. The maximum atomic E-state index is 12.4. The van der Waals surface area contributed by atoms with E-state index in [4.69, 9.17) is 4.74 Å². The first kappa shape index (κ1) is 69.3. The summed E-state index contributed by atoms with van der Waals surface area (Å²) in [5.41, 5.74) is 0.